The van der Waals surface area contributed by atoms with E-state index in [1.54, 1.807) is 12.1 Å². The van der Waals surface area contributed by atoms with Crippen LogP contribution in [0, 0.1) is 0 Å². The van der Waals surface area contributed by atoms with Crippen molar-refractivity contribution in [1.82, 2.24) is 10.2 Å². The number of methoxy groups -OCH3 is 2. The fraction of sp³-hybridized carbons (Fsp3) is 0.538. The number of nitrogens with one attached hydrogen (secondary N) is 1. The fourth-order valence-corrected chi connectivity index (χ4v) is 1.52. The Morgan fingerprint density at radius 2 is 1.90 bits per heavy atom. The van der Waals surface area contributed by atoms with Gasteiger partial charge in [0.1, 0.15) is 5.76 Å². The average Bonchev–Trinajstić information content (AvgIpc) is 2.97. The second kappa shape index (κ2) is 9.11. The Hall–Kier alpha value is -1.86. The van der Waals surface area contributed by atoms with E-state index in [1.165, 1.54) is 25.4 Å². The van der Waals surface area contributed by atoms with Crippen LogP contribution in [0.25, 0.3) is 0 Å². The zero-order chi connectivity index (χ0) is 14.8. The summed E-state index contributed by atoms with van der Waals surface area (Å²) in [7, 11) is 3.08. The van der Waals surface area contributed by atoms with Gasteiger partial charge in [-0.05, 0) is 12.1 Å². The molecular weight excluding hydrogens is 264 g/mol. The Kier molecular flexibility index (Phi) is 7.38. The SMILES string of the molecule is COCCN(CCOC)C(=O)C(=O)NCc1ccco1. The number of carbonyl (C=O) groups excluding carboxylic acids is 2. The van der Waals surface area contributed by atoms with Crippen molar-refractivity contribution < 1.29 is 23.5 Å². The van der Waals surface area contributed by atoms with Gasteiger partial charge in [0.15, 0.2) is 0 Å². The topological polar surface area (TPSA) is 81.0 Å². The summed E-state index contributed by atoms with van der Waals surface area (Å²) in [5, 5.41) is 2.51. The zero-order valence-corrected chi connectivity index (χ0v) is 11.8. The minimum absolute atomic E-state index is 0.181. The maximum absolute atomic E-state index is 12.0. The number of carbonyl (C=O) groups is 2. The van der Waals surface area contributed by atoms with Crippen LogP contribution in [0.2, 0.25) is 0 Å². The van der Waals surface area contributed by atoms with Gasteiger partial charge in [0, 0.05) is 27.3 Å². The molecular formula is C13H20N2O5. The molecule has 0 saturated carbocycles. The van der Waals surface area contributed by atoms with Crippen LogP contribution in [-0.2, 0) is 25.6 Å². The molecule has 0 aromatic carbocycles. The highest BCUT2D eigenvalue weighted by atomic mass is 16.5. The summed E-state index contributed by atoms with van der Waals surface area (Å²) in [6.45, 7) is 1.58. The Balaban J connectivity index is 2.46. The lowest BCUT2D eigenvalue weighted by atomic mass is 10.4. The lowest BCUT2D eigenvalue weighted by Crippen LogP contribution is -2.45. The van der Waals surface area contributed by atoms with Crippen molar-refractivity contribution in [2.45, 2.75) is 6.54 Å². The van der Waals surface area contributed by atoms with Gasteiger partial charge in [-0.15, -0.1) is 0 Å². The molecule has 112 valence electrons. The molecule has 0 unspecified atom stereocenters. The molecule has 0 spiro atoms. The molecule has 0 aliphatic heterocycles. The van der Waals surface area contributed by atoms with E-state index in [0.717, 1.165) is 0 Å². The molecule has 0 fully saturated rings. The Morgan fingerprint density at radius 1 is 1.25 bits per heavy atom. The zero-order valence-electron chi connectivity index (χ0n) is 11.8. The molecule has 0 atom stereocenters. The van der Waals surface area contributed by atoms with Crippen molar-refractivity contribution in [3.63, 3.8) is 0 Å². The molecule has 1 N–H and O–H groups in total. The molecule has 7 heteroatoms. The molecule has 7 nitrogen and oxygen atoms in total. The van der Waals surface area contributed by atoms with Gasteiger partial charge >= 0.3 is 11.8 Å². The van der Waals surface area contributed by atoms with Crippen LogP contribution in [0.4, 0.5) is 0 Å². The van der Waals surface area contributed by atoms with Crippen molar-refractivity contribution >= 4 is 11.8 Å². The van der Waals surface area contributed by atoms with Crippen LogP contribution in [0.3, 0.4) is 0 Å². The maximum atomic E-state index is 12.0. The second-order valence-corrected chi connectivity index (χ2v) is 4.04. The van der Waals surface area contributed by atoms with E-state index in [-0.39, 0.29) is 6.54 Å². The highest BCUT2D eigenvalue weighted by Gasteiger charge is 2.21. The molecule has 20 heavy (non-hydrogen) atoms. The van der Waals surface area contributed by atoms with Crippen molar-refractivity contribution in [2.24, 2.45) is 0 Å². The Labute approximate surface area is 117 Å². The predicted octanol–water partition coefficient (Wildman–Crippen LogP) is 0.0172. The van der Waals surface area contributed by atoms with Crippen molar-refractivity contribution in [3.8, 4) is 0 Å². The van der Waals surface area contributed by atoms with Gasteiger partial charge in [0.2, 0.25) is 0 Å². The first-order valence-electron chi connectivity index (χ1n) is 6.26. The van der Waals surface area contributed by atoms with E-state index < -0.39 is 11.8 Å². The molecule has 1 rings (SSSR count). The van der Waals surface area contributed by atoms with Gasteiger partial charge in [-0.25, -0.2) is 0 Å². The number of rotatable bonds is 8. The number of amides is 2. The van der Waals surface area contributed by atoms with Crippen LogP contribution in [0.5, 0.6) is 0 Å². The Morgan fingerprint density at radius 3 is 2.40 bits per heavy atom. The molecule has 0 aliphatic rings. The monoisotopic (exact) mass is 284 g/mol. The first-order chi connectivity index (χ1) is 9.69. The summed E-state index contributed by atoms with van der Waals surface area (Å²) in [6, 6.07) is 3.44. The quantitative estimate of drug-likeness (QED) is 0.681. The number of ether oxygens (including phenoxy) is 2. The van der Waals surface area contributed by atoms with Crippen molar-refractivity contribution in [1.29, 1.82) is 0 Å². The molecule has 0 radical (unpaired) electrons. The number of furan rings is 1. The average molecular weight is 284 g/mol. The first-order valence-corrected chi connectivity index (χ1v) is 6.26. The number of hydrogen-bond donors (Lipinski definition) is 1. The van der Waals surface area contributed by atoms with Gasteiger partial charge < -0.3 is 24.1 Å². The van der Waals surface area contributed by atoms with E-state index in [9.17, 15) is 9.59 Å². The van der Waals surface area contributed by atoms with Gasteiger partial charge in [-0.1, -0.05) is 0 Å². The third-order valence-corrected chi connectivity index (χ3v) is 2.62. The van der Waals surface area contributed by atoms with Gasteiger partial charge in [-0.2, -0.15) is 0 Å². The lowest BCUT2D eigenvalue weighted by molar-refractivity contribution is -0.146. The first kappa shape index (κ1) is 16.2. The summed E-state index contributed by atoms with van der Waals surface area (Å²) in [4.78, 5) is 25.2. The minimum atomic E-state index is -0.673. The van der Waals surface area contributed by atoms with E-state index >= 15 is 0 Å². The number of nitrogens with zero attached hydrogens (tertiary/aromatic N) is 1. The van der Waals surface area contributed by atoms with Gasteiger partial charge in [-0.3, -0.25) is 9.59 Å². The summed E-state index contributed by atoms with van der Waals surface area (Å²) in [6.07, 6.45) is 1.51. The van der Waals surface area contributed by atoms with E-state index in [1.807, 2.05) is 0 Å². The molecule has 0 saturated heterocycles. The van der Waals surface area contributed by atoms with E-state index in [2.05, 4.69) is 5.32 Å². The van der Waals surface area contributed by atoms with Crippen molar-refractivity contribution in [2.75, 3.05) is 40.5 Å². The molecule has 1 aromatic rings. The molecule has 0 bridgehead atoms. The minimum Gasteiger partial charge on any atom is -0.467 e. The molecule has 0 aliphatic carbocycles. The summed E-state index contributed by atoms with van der Waals surface area (Å²) in [5.41, 5.74) is 0. The second-order valence-electron chi connectivity index (χ2n) is 4.04. The number of hydrogen-bond acceptors (Lipinski definition) is 5. The van der Waals surface area contributed by atoms with Crippen molar-refractivity contribution in [3.05, 3.63) is 24.2 Å². The summed E-state index contributed by atoms with van der Waals surface area (Å²) in [5.74, 6) is -0.689. The smallest absolute Gasteiger partial charge is 0.312 e. The van der Waals surface area contributed by atoms with Gasteiger partial charge in [0.25, 0.3) is 0 Å². The normalized spacial score (nSPS) is 10.3. The van der Waals surface area contributed by atoms with E-state index in [4.69, 9.17) is 13.9 Å². The van der Waals surface area contributed by atoms with E-state index in [0.29, 0.717) is 32.1 Å². The standard InChI is InChI=1S/C13H20N2O5/c1-18-8-5-15(6-9-19-2)13(17)12(16)14-10-11-4-3-7-20-11/h3-4,7H,5-6,8-10H2,1-2H3,(H,14,16). The van der Waals surface area contributed by atoms with Crippen LogP contribution in [0.1, 0.15) is 5.76 Å². The molecule has 1 heterocycles. The predicted molar refractivity (Wildman–Crippen MR) is 70.9 cm³/mol. The molecule has 1 aromatic heterocycles. The van der Waals surface area contributed by atoms with Gasteiger partial charge in [0.05, 0.1) is 26.0 Å². The largest absolute Gasteiger partial charge is 0.467 e. The lowest BCUT2D eigenvalue weighted by Gasteiger charge is -2.21. The molecule has 2 amide bonds. The summed E-state index contributed by atoms with van der Waals surface area (Å²) >= 11 is 0. The van der Waals surface area contributed by atoms with Crippen LogP contribution in [0.15, 0.2) is 22.8 Å². The Bertz CT molecular complexity index is 397. The van der Waals surface area contributed by atoms with Crippen LogP contribution >= 0.6 is 0 Å². The van der Waals surface area contributed by atoms with Crippen LogP contribution in [-0.4, -0.2) is 57.2 Å². The third kappa shape index (κ3) is 5.41. The highest BCUT2D eigenvalue weighted by Crippen LogP contribution is 1.99. The third-order valence-electron chi connectivity index (χ3n) is 2.62. The van der Waals surface area contributed by atoms with Crippen LogP contribution < -0.4 is 5.32 Å². The highest BCUT2D eigenvalue weighted by molar-refractivity contribution is 6.34. The maximum Gasteiger partial charge on any atom is 0.312 e. The summed E-state index contributed by atoms with van der Waals surface area (Å²) < 4.78 is 14.9. The fourth-order valence-electron chi connectivity index (χ4n) is 1.52.